The van der Waals surface area contributed by atoms with Gasteiger partial charge < -0.3 is 20.3 Å². The first-order valence-electron chi connectivity index (χ1n) is 7.23. The number of fused-ring (bicyclic) bond motifs is 1. The first kappa shape index (κ1) is 14.6. The fourth-order valence-electron chi connectivity index (χ4n) is 3.15. The highest BCUT2D eigenvalue weighted by Crippen LogP contribution is 2.39. The number of halogens is 1. The number of ether oxygens (including phenoxy) is 1. The molecule has 2 unspecified atom stereocenters. The van der Waals surface area contributed by atoms with E-state index in [1.165, 1.54) is 0 Å². The van der Waals surface area contributed by atoms with E-state index in [1.807, 2.05) is 12.1 Å². The number of carbonyl (C=O) groups is 1. The zero-order valence-corrected chi connectivity index (χ0v) is 13.0. The van der Waals surface area contributed by atoms with Crippen molar-refractivity contribution in [2.45, 2.75) is 25.0 Å². The highest BCUT2D eigenvalue weighted by molar-refractivity contribution is 6.33. The predicted octanol–water partition coefficient (Wildman–Crippen LogP) is 2.17. The minimum Gasteiger partial charge on any atom is -0.380 e. The molecule has 1 fully saturated rings. The molecule has 1 aromatic carbocycles. The molecule has 0 radical (unpaired) electrons. The molecular formula is C15H20ClN3O2. The molecule has 2 heterocycles. The molecule has 1 saturated heterocycles. The Morgan fingerprint density at radius 1 is 1.48 bits per heavy atom. The van der Waals surface area contributed by atoms with Crippen LogP contribution in [-0.2, 0) is 9.53 Å². The van der Waals surface area contributed by atoms with Crippen LogP contribution < -0.4 is 15.5 Å². The molecule has 0 saturated carbocycles. The van der Waals surface area contributed by atoms with Crippen molar-refractivity contribution in [2.24, 2.45) is 0 Å². The maximum absolute atomic E-state index is 11.9. The largest absolute Gasteiger partial charge is 0.380 e. The fourth-order valence-corrected chi connectivity index (χ4v) is 3.44. The summed E-state index contributed by atoms with van der Waals surface area (Å²) in [6, 6.07) is 3.55. The summed E-state index contributed by atoms with van der Waals surface area (Å²) in [6.45, 7) is 1.79. The molecular weight excluding hydrogens is 290 g/mol. The van der Waals surface area contributed by atoms with E-state index in [9.17, 15) is 4.79 Å². The van der Waals surface area contributed by atoms with E-state index in [2.05, 4.69) is 15.5 Å². The Morgan fingerprint density at radius 2 is 2.29 bits per heavy atom. The highest BCUT2D eigenvalue weighted by atomic mass is 35.5. The second-order valence-corrected chi connectivity index (χ2v) is 5.95. The third-order valence-electron chi connectivity index (χ3n) is 4.29. The number of hydrogen-bond donors (Lipinski definition) is 2. The Hall–Kier alpha value is -1.30. The first-order valence-corrected chi connectivity index (χ1v) is 7.61. The Balaban J connectivity index is 1.91. The topological polar surface area (TPSA) is 53.6 Å². The molecule has 2 N–H and O–H groups in total. The van der Waals surface area contributed by atoms with Crippen molar-refractivity contribution in [1.29, 1.82) is 0 Å². The summed E-state index contributed by atoms with van der Waals surface area (Å²) in [5, 5.41) is 6.60. The van der Waals surface area contributed by atoms with Crippen LogP contribution in [0.25, 0.3) is 0 Å². The number of piperidine rings is 1. The van der Waals surface area contributed by atoms with Crippen LogP contribution in [0.2, 0.25) is 5.02 Å². The summed E-state index contributed by atoms with van der Waals surface area (Å²) >= 11 is 6.45. The lowest BCUT2D eigenvalue weighted by atomic mass is 10.0. The number of nitrogens with zero attached hydrogens (tertiary/aromatic N) is 1. The average Bonchev–Trinajstić information content (AvgIpc) is 2.80. The van der Waals surface area contributed by atoms with Gasteiger partial charge in [-0.25, -0.2) is 0 Å². The van der Waals surface area contributed by atoms with Gasteiger partial charge in [-0.15, -0.1) is 0 Å². The van der Waals surface area contributed by atoms with Crippen LogP contribution in [0.4, 0.5) is 11.4 Å². The lowest BCUT2D eigenvalue weighted by Crippen LogP contribution is -2.39. The summed E-state index contributed by atoms with van der Waals surface area (Å²) < 4.78 is 5.46. The molecule has 3 rings (SSSR count). The van der Waals surface area contributed by atoms with E-state index >= 15 is 0 Å². The molecule has 2 atom stereocenters. The monoisotopic (exact) mass is 309 g/mol. The second-order valence-electron chi connectivity index (χ2n) is 5.55. The molecule has 1 aromatic rings. The number of amides is 1. The Morgan fingerprint density at radius 3 is 3.00 bits per heavy atom. The number of carbonyl (C=O) groups excluding carboxylic acids is 1. The average molecular weight is 310 g/mol. The van der Waals surface area contributed by atoms with Gasteiger partial charge in [-0.3, -0.25) is 4.79 Å². The number of methoxy groups -OCH3 is 1. The van der Waals surface area contributed by atoms with Gasteiger partial charge in [0.1, 0.15) is 6.04 Å². The van der Waals surface area contributed by atoms with Crippen molar-refractivity contribution in [2.75, 3.05) is 37.5 Å². The van der Waals surface area contributed by atoms with Gasteiger partial charge in [-0.2, -0.15) is 0 Å². The molecule has 0 aliphatic carbocycles. The SMILES string of the molecule is CNC1C(=O)Nc2cc(N3CCCC(OC)C3)c(Cl)cc21. The Bertz CT molecular complexity index is 564. The van der Waals surface area contributed by atoms with Crippen LogP contribution in [0.1, 0.15) is 24.4 Å². The minimum absolute atomic E-state index is 0.0332. The smallest absolute Gasteiger partial charge is 0.246 e. The molecule has 114 valence electrons. The van der Waals surface area contributed by atoms with E-state index in [0.29, 0.717) is 5.02 Å². The van der Waals surface area contributed by atoms with Gasteiger partial charge in [0.25, 0.3) is 0 Å². The second kappa shape index (κ2) is 5.83. The minimum atomic E-state index is -0.320. The van der Waals surface area contributed by atoms with Gasteiger partial charge in [-0.05, 0) is 32.0 Å². The molecule has 0 spiro atoms. The van der Waals surface area contributed by atoms with Crippen molar-refractivity contribution in [3.05, 3.63) is 22.7 Å². The van der Waals surface area contributed by atoms with E-state index in [1.54, 1.807) is 14.2 Å². The quantitative estimate of drug-likeness (QED) is 0.898. The van der Waals surface area contributed by atoms with Crippen molar-refractivity contribution in [3.63, 3.8) is 0 Å². The van der Waals surface area contributed by atoms with Gasteiger partial charge in [0, 0.05) is 31.5 Å². The molecule has 0 aromatic heterocycles. The van der Waals surface area contributed by atoms with Gasteiger partial charge in [-0.1, -0.05) is 11.6 Å². The third kappa shape index (κ3) is 2.61. The molecule has 1 amide bonds. The molecule has 6 heteroatoms. The van der Waals surface area contributed by atoms with Crippen molar-refractivity contribution >= 4 is 28.9 Å². The van der Waals surface area contributed by atoms with Gasteiger partial charge in [0.15, 0.2) is 0 Å². The molecule has 2 aliphatic rings. The van der Waals surface area contributed by atoms with E-state index in [-0.39, 0.29) is 18.1 Å². The Labute approximate surface area is 129 Å². The summed E-state index contributed by atoms with van der Waals surface area (Å²) in [6.07, 6.45) is 2.40. The van der Waals surface area contributed by atoms with Gasteiger partial charge >= 0.3 is 0 Å². The predicted molar refractivity (Wildman–Crippen MR) is 84.1 cm³/mol. The number of rotatable bonds is 3. The lowest BCUT2D eigenvalue weighted by molar-refractivity contribution is -0.117. The van der Waals surface area contributed by atoms with Crippen LogP contribution in [0, 0.1) is 0 Å². The van der Waals surface area contributed by atoms with Crippen LogP contribution in [0.3, 0.4) is 0 Å². The molecule has 21 heavy (non-hydrogen) atoms. The lowest BCUT2D eigenvalue weighted by Gasteiger charge is -2.34. The number of likely N-dealkylation sites (N-methyl/N-ethyl adjacent to an activating group) is 1. The van der Waals surface area contributed by atoms with E-state index in [0.717, 1.165) is 42.9 Å². The van der Waals surface area contributed by atoms with Gasteiger partial charge in [0.2, 0.25) is 5.91 Å². The Kier molecular flexibility index (Phi) is 4.06. The molecule has 5 nitrogen and oxygen atoms in total. The first-order chi connectivity index (χ1) is 10.1. The van der Waals surface area contributed by atoms with Crippen LogP contribution in [0.5, 0.6) is 0 Å². The highest BCUT2D eigenvalue weighted by Gasteiger charge is 2.31. The van der Waals surface area contributed by atoms with Crippen LogP contribution >= 0.6 is 11.6 Å². The van der Waals surface area contributed by atoms with Crippen LogP contribution in [0.15, 0.2) is 12.1 Å². The van der Waals surface area contributed by atoms with E-state index in [4.69, 9.17) is 16.3 Å². The van der Waals surface area contributed by atoms with Crippen LogP contribution in [-0.4, -0.2) is 39.3 Å². The fraction of sp³-hybridized carbons (Fsp3) is 0.533. The van der Waals surface area contributed by atoms with Crippen molar-refractivity contribution in [1.82, 2.24) is 5.32 Å². The number of benzene rings is 1. The maximum atomic E-state index is 11.9. The number of hydrogen-bond acceptors (Lipinski definition) is 4. The summed E-state index contributed by atoms with van der Waals surface area (Å²) in [4.78, 5) is 14.1. The molecule has 2 aliphatic heterocycles. The zero-order valence-electron chi connectivity index (χ0n) is 12.3. The normalized spacial score (nSPS) is 24.9. The summed E-state index contributed by atoms with van der Waals surface area (Å²) in [7, 11) is 3.52. The summed E-state index contributed by atoms with van der Waals surface area (Å²) in [5.41, 5.74) is 2.73. The standard InChI is InChI=1S/C15H20ClN3O2/c1-17-14-10-6-11(16)13(7-12(10)18-15(14)20)19-5-3-4-9(8-19)21-2/h6-7,9,14,17H,3-5,8H2,1-2H3,(H,18,20). The number of nitrogens with one attached hydrogen (secondary N) is 2. The molecule has 0 bridgehead atoms. The maximum Gasteiger partial charge on any atom is 0.246 e. The van der Waals surface area contributed by atoms with Gasteiger partial charge in [0.05, 0.1) is 16.8 Å². The van der Waals surface area contributed by atoms with Crippen molar-refractivity contribution < 1.29 is 9.53 Å². The summed E-state index contributed by atoms with van der Waals surface area (Å²) in [5.74, 6) is -0.0332. The van der Waals surface area contributed by atoms with Crippen molar-refractivity contribution in [3.8, 4) is 0 Å². The zero-order chi connectivity index (χ0) is 15.0. The third-order valence-corrected chi connectivity index (χ3v) is 4.59. The number of anilines is 2. The van der Waals surface area contributed by atoms with E-state index < -0.39 is 0 Å².